The van der Waals surface area contributed by atoms with Crippen molar-refractivity contribution in [3.05, 3.63) is 11.5 Å². The second-order valence-electron chi connectivity index (χ2n) is 2.82. The Morgan fingerprint density at radius 3 is 2.83 bits per heavy atom. The number of terminal acetylenes is 1. The standard InChI is InChI=1S/C8H11NO2S/c1-3-7(2)9-8-4-5-12(10,11)6-8/h1,4-5,7-9H,6H2,2H3. The fourth-order valence-corrected chi connectivity index (χ4v) is 2.30. The number of hydrogen-bond donors (Lipinski definition) is 1. The Hall–Kier alpha value is -0.790. The second-order valence-corrected chi connectivity index (χ2v) is 4.75. The summed E-state index contributed by atoms with van der Waals surface area (Å²) < 4.78 is 21.9. The van der Waals surface area contributed by atoms with Crippen molar-refractivity contribution in [3.8, 4) is 12.3 Å². The maximum Gasteiger partial charge on any atom is 0.173 e. The van der Waals surface area contributed by atoms with Crippen LogP contribution in [0.3, 0.4) is 0 Å². The molecule has 1 aliphatic rings. The Labute approximate surface area is 72.8 Å². The molecule has 2 atom stereocenters. The zero-order valence-corrected chi connectivity index (χ0v) is 7.64. The van der Waals surface area contributed by atoms with Crippen molar-refractivity contribution in [2.45, 2.75) is 19.0 Å². The second kappa shape index (κ2) is 3.30. The van der Waals surface area contributed by atoms with Gasteiger partial charge in [0.15, 0.2) is 9.84 Å². The third-order valence-electron chi connectivity index (χ3n) is 1.64. The Morgan fingerprint density at radius 1 is 1.75 bits per heavy atom. The Kier molecular flexibility index (Phi) is 2.55. The Morgan fingerprint density at radius 2 is 2.42 bits per heavy atom. The number of rotatable bonds is 2. The van der Waals surface area contributed by atoms with Gasteiger partial charge in [0, 0.05) is 11.4 Å². The van der Waals surface area contributed by atoms with Crippen molar-refractivity contribution >= 4 is 9.84 Å². The average Bonchev–Trinajstić information content (AvgIpc) is 2.30. The van der Waals surface area contributed by atoms with E-state index in [1.54, 1.807) is 6.08 Å². The summed E-state index contributed by atoms with van der Waals surface area (Å²) in [5.74, 6) is 2.60. The fraction of sp³-hybridized carbons (Fsp3) is 0.500. The molecule has 0 aromatic rings. The molecule has 4 heteroatoms. The van der Waals surface area contributed by atoms with Gasteiger partial charge in [-0.05, 0) is 6.92 Å². The van der Waals surface area contributed by atoms with Gasteiger partial charge in [0.25, 0.3) is 0 Å². The van der Waals surface area contributed by atoms with Crippen molar-refractivity contribution in [1.82, 2.24) is 5.32 Å². The van der Waals surface area contributed by atoms with E-state index >= 15 is 0 Å². The number of hydrogen-bond acceptors (Lipinski definition) is 3. The largest absolute Gasteiger partial charge is 0.297 e. The van der Waals surface area contributed by atoms with Gasteiger partial charge in [-0.3, -0.25) is 5.32 Å². The normalized spacial score (nSPS) is 28.2. The minimum absolute atomic E-state index is 0.0899. The van der Waals surface area contributed by atoms with E-state index in [0.29, 0.717) is 0 Å². The van der Waals surface area contributed by atoms with E-state index in [2.05, 4.69) is 11.2 Å². The molecular formula is C8H11NO2S. The molecule has 0 spiro atoms. The molecule has 0 aliphatic carbocycles. The van der Waals surface area contributed by atoms with Crippen LogP contribution in [0.15, 0.2) is 11.5 Å². The maximum absolute atomic E-state index is 10.9. The molecule has 12 heavy (non-hydrogen) atoms. The maximum atomic E-state index is 10.9. The fourth-order valence-electron chi connectivity index (χ4n) is 1.05. The summed E-state index contributed by atoms with van der Waals surface area (Å²) in [7, 11) is -2.96. The third-order valence-corrected chi connectivity index (χ3v) is 3.04. The van der Waals surface area contributed by atoms with Crippen LogP contribution < -0.4 is 5.32 Å². The zero-order valence-electron chi connectivity index (χ0n) is 6.82. The van der Waals surface area contributed by atoms with Crippen molar-refractivity contribution < 1.29 is 8.42 Å². The molecule has 0 bridgehead atoms. The molecule has 0 aromatic carbocycles. The monoisotopic (exact) mass is 185 g/mol. The summed E-state index contributed by atoms with van der Waals surface area (Å²) in [6, 6.07) is -0.214. The van der Waals surface area contributed by atoms with Gasteiger partial charge < -0.3 is 0 Å². The summed E-state index contributed by atoms with van der Waals surface area (Å²) >= 11 is 0. The molecule has 1 rings (SSSR count). The van der Waals surface area contributed by atoms with Crippen LogP contribution in [-0.4, -0.2) is 26.3 Å². The van der Waals surface area contributed by atoms with Crippen LogP contribution in [0.4, 0.5) is 0 Å². The van der Waals surface area contributed by atoms with Gasteiger partial charge in [0.2, 0.25) is 0 Å². The molecule has 1 N–H and O–H groups in total. The first kappa shape index (κ1) is 9.30. The van der Waals surface area contributed by atoms with E-state index in [9.17, 15) is 8.42 Å². The van der Waals surface area contributed by atoms with Gasteiger partial charge >= 0.3 is 0 Å². The van der Waals surface area contributed by atoms with Crippen LogP contribution in [0, 0.1) is 12.3 Å². The first-order valence-electron chi connectivity index (χ1n) is 3.66. The lowest BCUT2D eigenvalue weighted by Gasteiger charge is -2.11. The highest BCUT2D eigenvalue weighted by atomic mass is 32.2. The highest BCUT2D eigenvalue weighted by Gasteiger charge is 2.21. The molecule has 0 radical (unpaired) electrons. The summed E-state index contributed by atoms with van der Waals surface area (Å²) in [4.78, 5) is 0. The molecule has 0 fully saturated rings. The molecule has 0 aromatic heterocycles. The van der Waals surface area contributed by atoms with Crippen LogP contribution in [0.1, 0.15) is 6.92 Å². The predicted molar refractivity (Wildman–Crippen MR) is 48.1 cm³/mol. The smallest absolute Gasteiger partial charge is 0.173 e. The van der Waals surface area contributed by atoms with Crippen LogP contribution >= 0.6 is 0 Å². The van der Waals surface area contributed by atoms with Crippen molar-refractivity contribution in [1.29, 1.82) is 0 Å². The molecule has 0 saturated carbocycles. The van der Waals surface area contributed by atoms with Crippen LogP contribution in [0.5, 0.6) is 0 Å². The van der Waals surface area contributed by atoms with Crippen molar-refractivity contribution in [2.75, 3.05) is 5.75 Å². The van der Waals surface area contributed by atoms with Crippen molar-refractivity contribution in [3.63, 3.8) is 0 Å². The van der Waals surface area contributed by atoms with Gasteiger partial charge in [-0.2, -0.15) is 0 Å². The molecule has 1 heterocycles. The quantitative estimate of drug-likeness (QED) is 0.611. The lowest BCUT2D eigenvalue weighted by Crippen LogP contribution is -2.36. The van der Waals surface area contributed by atoms with Crippen LogP contribution in [-0.2, 0) is 9.84 Å². The molecule has 2 unspecified atom stereocenters. The highest BCUT2D eigenvalue weighted by molar-refractivity contribution is 7.94. The average molecular weight is 185 g/mol. The van der Waals surface area contributed by atoms with E-state index in [4.69, 9.17) is 6.42 Å². The highest BCUT2D eigenvalue weighted by Crippen LogP contribution is 2.07. The lowest BCUT2D eigenvalue weighted by molar-refractivity contribution is 0.579. The van der Waals surface area contributed by atoms with E-state index in [-0.39, 0.29) is 17.8 Å². The molecule has 1 aliphatic heterocycles. The minimum atomic E-state index is -2.96. The molecule has 3 nitrogen and oxygen atoms in total. The van der Waals surface area contributed by atoms with E-state index in [1.165, 1.54) is 5.41 Å². The van der Waals surface area contributed by atoms with Gasteiger partial charge in [0.05, 0.1) is 11.8 Å². The first-order valence-corrected chi connectivity index (χ1v) is 5.38. The van der Waals surface area contributed by atoms with E-state index in [0.717, 1.165) is 0 Å². The lowest BCUT2D eigenvalue weighted by atomic mass is 10.3. The summed E-state index contributed by atoms with van der Waals surface area (Å²) in [6.07, 6.45) is 6.76. The van der Waals surface area contributed by atoms with Gasteiger partial charge in [-0.25, -0.2) is 8.42 Å². The minimum Gasteiger partial charge on any atom is -0.297 e. The predicted octanol–water partition coefficient (Wildman–Crippen LogP) is -0.0916. The Balaban J connectivity index is 2.52. The summed E-state index contributed by atoms with van der Waals surface area (Å²) in [5, 5.41) is 4.21. The van der Waals surface area contributed by atoms with Crippen LogP contribution in [0.2, 0.25) is 0 Å². The zero-order chi connectivity index (χ0) is 9.19. The van der Waals surface area contributed by atoms with Crippen LogP contribution in [0.25, 0.3) is 0 Å². The topological polar surface area (TPSA) is 46.2 Å². The molecule has 0 amide bonds. The third kappa shape index (κ3) is 2.36. The van der Waals surface area contributed by atoms with E-state index in [1.807, 2.05) is 6.92 Å². The van der Waals surface area contributed by atoms with Gasteiger partial charge in [0.1, 0.15) is 0 Å². The summed E-state index contributed by atoms with van der Waals surface area (Å²) in [5.41, 5.74) is 0. The SMILES string of the molecule is C#CC(C)NC1C=CS(=O)(=O)C1. The molecular weight excluding hydrogens is 174 g/mol. The summed E-state index contributed by atoms with van der Waals surface area (Å²) in [6.45, 7) is 1.82. The molecule has 66 valence electrons. The van der Waals surface area contributed by atoms with Gasteiger partial charge in [-0.1, -0.05) is 12.0 Å². The van der Waals surface area contributed by atoms with Gasteiger partial charge in [-0.15, -0.1) is 6.42 Å². The first-order chi connectivity index (χ1) is 5.53. The Bertz CT molecular complexity index is 323. The van der Waals surface area contributed by atoms with Crippen molar-refractivity contribution in [2.24, 2.45) is 0 Å². The molecule has 0 saturated heterocycles. The number of sulfone groups is 1. The number of nitrogens with one attached hydrogen (secondary N) is 1. The van der Waals surface area contributed by atoms with E-state index < -0.39 is 9.84 Å².